The minimum atomic E-state index is -3.25. The summed E-state index contributed by atoms with van der Waals surface area (Å²) < 4.78 is 36.7. The van der Waals surface area contributed by atoms with Crippen molar-refractivity contribution in [3.8, 4) is 16.5 Å². The van der Waals surface area contributed by atoms with Crippen LogP contribution in [0.25, 0.3) is 21.6 Å². The lowest BCUT2D eigenvalue weighted by Gasteiger charge is -2.12. The summed E-state index contributed by atoms with van der Waals surface area (Å²) in [6, 6.07) is 15.2. The normalized spacial score (nSPS) is 12.1. The van der Waals surface area contributed by atoms with Crippen molar-refractivity contribution in [1.82, 2.24) is 14.7 Å². The molecule has 3 heterocycles. The first kappa shape index (κ1) is 48.5. The molecular formula is C36H61N3O5S3. The Bertz CT molecular complexity index is 1480. The number of carbonyl (C=O) groups is 1. The molecule has 0 amide bonds. The number of fused-ring (bicyclic) bond motifs is 1. The van der Waals surface area contributed by atoms with Crippen molar-refractivity contribution in [1.29, 1.82) is 0 Å². The first-order chi connectivity index (χ1) is 20.0. The summed E-state index contributed by atoms with van der Waals surface area (Å²) in [5, 5.41) is 3.78. The molecule has 3 aromatic heterocycles. The molecule has 0 saturated heterocycles. The van der Waals surface area contributed by atoms with E-state index in [1.807, 2.05) is 69.5 Å². The summed E-state index contributed by atoms with van der Waals surface area (Å²) in [4.78, 5) is 21.4. The highest BCUT2D eigenvalue weighted by Gasteiger charge is 2.20. The molecule has 0 atom stereocenters. The molecule has 1 saturated carbocycles. The van der Waals surface area contributed by atoms with Gasteiger partial charge in [-0.1, -0.05) is 75.2 Å². The van der Waals surface area contributed by atoms with Gasteiger partial charge in [-0.05, 0) is 88.4 Å². The van der Waals surface area contributed by atoms with Gasteiger partial charge in [0.05, 0.1) is 27.9 Å². The van der Waals surface area contributed by atoms with Gasteiger partial charge in [0.15, 0.2) is 0 Å². The zero-order valence-corrected chi connectivity index (χ0v) is 27.5. The fourth-order valence-electron chi connectivity index (χ4n) is 3.95. The molecule has 268 valence electrons. The number of benzene rings is 1. The third kappa shape index (κ3) is 15.7. The van der Waals surface area contributed by atoms with Crippen LogP contribution >= 0.6 is 22.7 Å². The Hall–Kier alpha value is -2.86. The maximum Gasteiger partial charge on any atom is 0.308 e. The maximum absolute atomic E-state index is 11.4. The molecule has 5 rings (SSSR count). The predicted octanol–water partition coefficient (Wildman–Crippen LogP) is 10.9. The number of nitrogens with zero attached hydrogens (tertiary/aromatic N) is 2. The number of rotatable bonds is 8. The number of ether oxygens (including phenoxy) is 2. The Kier molecular flexibility index (Phi) is 24.2. The zero-order valence-electron chi connectivity index (χ0n) is 25.1. The van der Waals surface area contributed by atoms with E-state index in [1.54, 1.807) is 42.7 Å². The minimum Gasteiger partial charge on any atom is -0.473 e. The molecule has 0 unspecified atom stereocenters. The Morgan fingerprint density at radius 1 is 0.809 bits per heavy atom. The summed E-state index contributed by atoms with van der Waals surface area (Å²) in [7, 11) is -3.25. The second kappa shape index (κ2) is 23.5. The van der Waals surface area contributed by atoms with E-state index in [0.717, 1.165) is 34.4 Å². The number of aromatic nitrogens is 2. The average molecular weight is 712 g/mol. The summed E-state index contributed by atoms with van der Waals surface area (Å²) >= 11 is 2.86. The molecule has 1 aromatic carbocycles. The molecule has 1 N–H and O–H groups in total. The van der Waals surface area contributed by atoms with Crippen LogP contribution in [0.3, 0.4) is 0 Å². The van der Waals surface area contributed by atoms with Crippen LogP contribution in [0.15, 0.2) is 63.5 Å². The molecular weight excluding hydrogens is 651 g/mol. The van der Waals surface area contributed by atoms with E-state index in [-0.39, 0.29) is 67.3 Å². The number of esters is 1. The van der Waals surface area contributed by atoms with Crippen LogP contribution in [-0.4, -0.2) is 42.6 Å². The van der Waals surface area contributed by atoms with Crippen molar-refractivity contribution < 1.29 is 22.7 Å². The summed E-state index contributed by atoms with van der Waals surface area (Å²) in [5.41, 5.74) is 2.57. The van der Waals surface area contributed by atoms with Gasteiger partial charge in [0.1, 0.15) is 16.0 Å². The number of sulfonamides is 1. The molecule has 11 heteroatoms. The Morgan fingerprint density at radius 3 is 1.83 bits per heavy atom. The topological polar surface area (TPSA) is 107 Å². The van der Waals surface area contributed by atoms with Gasteiger partial charge in [-0.3, -0.25) is 4.79 Å². The molecule has 0 bridgehead atoms. The van der Waals surface area contributed by atoms with E-state index < -0.39 is 10.0 Å². The molecule has 0 spiro atoms. The summed E-state index contributed by atoms with van der Waals surface area (Å²) in [5.74, 6) is 0.587. The molecule has 0 aliphatic heterocycles. The second-order valence-corrected chi connectivity index (χ2v) is 14.6. The smallest absolute Gasteiger partial charge is 0.308 e. The van der Waals surface area contributed by atoms with Gasteiger partial charge in [0.2, 0.25) is 15.9 Å². The first-order valence-corrected chi connectivity index (χ1v) is 17.4. The van der Waals surface area contributed by atoms with Crippen LogP contribution in [0.2, 0.25) is 0 Å². The van der Waals surface area contributed by atoms with Crippen molar-refractivity contribution >= 4 is 49.7 Å². The Morgan fingerprint density at radius 2 is 1.36 bits per heavy atom. The predicted molar refractivity (Wildman–Crippen MR) is 205 cm³/mol. The van der Waals surface area contributed by atoms with Crippen molar-refractivity contribution in [3.63, 3.8) is 0 Å². The molecule has 1 aliphatic carbocycles. The third-order valence-corrected chi connectivity index (χ3v) is 9.78. The van der Waals surface area contributed by atoms with E-state index in [0.29, 0.717) is 10.1 Å². The van der Waals surface area contributed by atoms with Crippen molar-refractivity contribution in [2.75, 3.05) is 0 Å². The zero-order chi connectivity index (χ0) is 30.7. The lowest BCUT2D eigenvalue weighted by molar-refractivity contribution is -0.152. The van der Waals surface area contributed by atoms with Gasteiger partial charge in [0, 0.05) is 6.04 Å². The Balaban J connectivity index is -0.000000615. The van der Waals surface area contributed by atoms with Crippen LogP contribution in [0, 0.1) is 5.92 Å². The van der Waals surface area contributed by atoms with Crippen molar-refractivity contribution in [2.45, 2.75) is 127 Å². The summed E-state index contributed by atoms with van der Waals surface area (Å²) in [6.07, 6.45) is 4.88. The van der Waals surface area contributed by atoms with Crippen LogP contribution < -0.4 is 9.46 Å². The molecule has 1 aliphatic rings. The molecule has 8 nitrogen and oxygen atoms in total. The van der Waals surface area contributed by atoms with Gasteiger partial charge >= 0.3 is 5.97 Å². The standard InChI is InChI=1S/C15H14N2OS.C9H16O2.C7H11NO2S2.5CH4/c1-10(2)18-15-14(13-8-5-9-19-13)16-11-6-3-4-7-12(11)17-15;1-7(2)9(10)11-8-5-3-4-6-8;1-6(2)8-12(9,10)7-4-3-5-11-7;;;;;/h3-10H,1-2H3;7-8H,3-6H2,1-2H3;3-6,8H,1-2H3;5*1H4. The molecule has 0 radical (unpaired) electrons. The first-order valence-electron chi connectivity index (χ1n) is 14.2. The second-order valence-electron chi connectivity index (χ2n) is 10.7. The SMILES string of the molecule is C.C.C.C.C.CC(C)C(=O)OC1CCCC1.CC(C)NS(=O)(=O)c1cccs1.CC(C)Oc1nc2ccccc2nc1-c1cccs1. The van der Waals surface area contributed by atoms with Crippen LogP contribution in [0.5, 0.6) is 5.88 Å². The van der Waals surface area contributed by atoms with Gasteiger partial charge < -0.3 is 9.47 Å². The van der Waals surface area contributed by atoms with E-state index in [1.165, 1.54) is 24.2 Å². The largest absolute Gasteiger partial charge is 0.473 e. The van der Waals surface area contributed by atoms with Crippen molar-refractivity contribution in [2.24, 2.45) is 5.92 Å². The van der Waals surface area contributed by atoms with E-state index in [4.69, 9.17) is 14.5 Å². The average Bonchev–Trinajstić information content (AvgIpc) is 3.72. The highest BCUT2D eigenvalue weighted by atomic mass is 32.2. The monoisotopic (exact) mass is 711 g/mol. The van der Waals surface area contributed by atoms with Gasteiger partial charge in [-0.25, -0.2) is 23.1 Å². The number of thiophene rings is 2. The van der Waals surface area contributed by atoms with Crippen LogP contribution in [0.4, 0.5) is 0 Å². The van der Waals surface area contributed by atoms with E-state index >= 15 is 0 Å². The molecule has 4 aromatic rings. The summed E-state index contributed by atoms with van der Waals surface area (Å²) in [6.45, 7) is 11.3. The van der Waals surface area contributed by atoms with E-state index in [9.17, 15) is 13.2 Å². The number of hydrogen-bond acceptors (Lipinski definition) is 9. The highest BCUT2D eigenvalue weighted by molar-refractivity contribution is 7.91. The lowest BCUT2D eigenvalue weighted by Crippen LogP contribution is -2.29. The number of hydrogen-bond donors (Lipinski definition) is 1. The van der Waals surface area contributed by atoms with E-state index in [2.05, 4.69) is 9.71 Å². The highest BCUT2D eigenvalue weighted by Crippen LogP contribution is 2.32. The van der Waals surface area contributed by atoms with Crippen LogP contribution in [0.1, 0.15) is 104 Å². The molecule has 1 fully saturated rings. The van der Waals surface area contributed by atoms with Gasteiger partial charge in [-0.2, -0.15) is 0 Å². The fraction of sp³-hybridized carbons (Fsp3) is 0.528. The van der Waals surface area contributed by atoms with Crippen molar-refractivity contribution in [3.05, 3.63) is 59.3 Å². The number of para-hydroxylation sites is 2. The lowest BCUT2D eigenvalue weighted by atomic mass is 10.2. The maximum atomic E-state index is 11.4. The number of carbonyl (C=O) groups excluding carboxylic acids is 1. The minimum absolute atomic E-state index is 0. The fourth-order valence-corrected chi connectivity index (χ4v) is 6.92. The van der Waals surface area contributed by atoms with Gasteiger partial charge in [0.25, 0.3) is 0 Å². The molecule has 47 heavy (non-hydrogen) atoms. The van der Waals surface area contributed by atoms with Gasteiger partial charge in [-0.15, -0.1) is 22.7 Å². The van der Waals surface area contributed by atoms with Crippen LogP contribution in [-0.2, 0) is 19.6 Å². The number of nitrogens with one attached hydrogen (secondary N) is 1. The Labute approximate surface area is 294 Å². The third-order valence-electron chi connectivity index (χ3n) is 5.85. The quantitative estimate of drug-likeness (QED) is 0.181.